The summed E-state index contributed by atoms with van der Waals surface area (Å²) >= 11 is 0. The molecule has 0 aromatic heterocycles. The Bertz CT molecular complexity index is 1110. The second-order valence-corrected chi connectivity index (χ2v) is 8.93. The SMILES string of the molecule is CC(C)N(CC(O)COc1cccc2ccccc12)CC(O)COc1cccc2ccccc12. The van der Waals surface area contributed by atoms with Gasteiger partial charge in [-0.25, -0.2) is 0 Å². The van der Waals surface area contributed by atoms with E-state index in [9.17, 15) is 10.2 Å². The maximum Gasteiger partial charge on any atom is 0.127 e. The van der Waals surface area contributed by atoms with Crippen molar-refractivity contribution in [2.45, 2.75) is 32.1 Å². The molecule has 34 heavy (non-hydrogen) atoms. The van der Waals surface area contributed by atoms with E-state index in [4.69, 9.17) is 9.47 Å². The zero-order valence-electron chi connectivity index (χ0n) is 19.8. The van der Waals surface area contributed by atoms with Crippen LogP contribution in [0.5, 0.6) is 11.5 Å². The summed E-state index contributed by atoms with van der Waals surface area (Å²) in [6.45, 7) is 5.26. The van der Waals surface area contributed by atoms with E-state index in [2.05, 4.69) is 13.8 Å². The topological polar surface area (TPSA) is 62.2 Å². The summed E-state index contributed by atoms with van der Waals surface area (Å²) in [5, 5.41) is 25.6. The highest BCUT2D eigenvalue weighted by molar-refractivity contribution is 5.88. The standard InChI is InChI=1S/C29H33NO4/c1-21(2)30(17-24(31)19-33-28-15-7-11-22-9-3-5-13-26(22)28)18-25(32)20-34-29-16-8-12-23-10-4-6-14-27(23)29/h3-16,21,24-25,31-32H,17-20H2,1-2H3. The minimum atomic E-state index is -0.687. The number of ether oxygens (including phenoxy) is 2. The summed E-state index contributed by atoms with van der Waals surface area (Å²) in [7, 11) is 0. The Morgan fingerprint density at radius 2 is 1.03 bits per heavy atom. The molecule has 0 aliphatic heterocycles. The molecule has 0 saturated heterocycles. The van der Waals surface area contributed by atoms with E-state index in [-0.39, 0.29) is 19.3 Å². The van der Waals surface area contributed by atoms with Crippen LogP contribution in [0.1, 0.15) is 13.8 Å². The van der Waals surface area contributed by atoms with Gasteiger partial charge in [-0.05, 0) is 36.8 Å². The lowest BCUT2D eigenvalue weighted by molar-refractivity contribution is 0.0200. The molecular formula is C29H33NO4. The number of aliphatic hydroxyl groups excluding tert-OH is 2. The smallest absolute Gasteiger partial charge is 0.127 e. The molecule has 0 bridgehead atoms. The average Bonchev–Trinajstić information content (AvgIpc) is 2.85. The first-order valence-corrected chi connectivity index (χ1v) is 11.8. The first kappa shape index (κ1) is 24.0. The number of rotatable bonds is 11. The van der Waals surface area contributed by atoms with E-state index in [0.717, 1.165) is 33.0 Å². The Kier molecular flexibility index (Phi) is 8.01. The second-order valence-electron chi connectivity index (χ2n) is 8.93. The number of fused-ring (bicyclic) bond motifs is 2. The molecule has 2 unspecified atom stereocenters. The van der Waals surface area contributed by atoms with Crippen LogP contribution in [0.25, 0.3) is 21.5 Å². The Balaban J connectivity index is 1.31. The number of hydrogen-bond acceptors (Lipinski definition) is 5. The number of nitrogens with zero attached hydrogens (tertiary/aromatic N) is 1. The van der Waals surface area contributed by atoms with Gasteiger partial charge in [0.1, 0.15) is 36.9 Å². The lowest BCUT2D eigenvalue weighted by Crippen LogP contribution is -2.45. The van der Waals surface area contributed by atoms with E-state index in [1.807, 2.05) is 89.8 Å². The molecule has 2 atom stereocenters. The lowest BCUT2D eigenvalue weighted by Gasteiger charge is -2.30. The first-order valence-electron chi connectivity index (χ1n) is 11.8. The third-order valence-electron chi connectivity index (χ3n) is 5.98. The average molecular weight is 460 g/mol. The van der Waals surface area contributed by atoms with Gasteiger partial charge in [0, 0.05) is 29.9 Å². The molecule has 0 fully saturated rings. The highest BCUT2D eigenvalue weighted by atomic mass is 16.5. The first-order chi connectivity index (χ1) is 16.5. The van der Waals surface area contributed by atoms with Crippen molar-refractivity contribution in [2.75, 3.05) is 26.3 Å². The zero-order valence-corrected chi connectivity index (χ0v) is 19.8. The predicted octanol–water partition coefficient (Wildman–Crippen LogP) is 4.88. The molecule has 178 valence electrons. The predicted molar refractivity (Wildman–Crippen MR) is 138 cm³/mol. The van der Waals surface area contributed by atoms with Crippen molar-refractivity contribution in [3.8, 4) is 11.5 Å². The molecule has 0 saturated carbocycles. The maximum absolute atomic E-state index is 10.7. The molecule has 0 heterocycles. The molecular weight excluding hydrogens is 426 g/mol. The molecule has 4 rings (SSSR count). The van der Waals surface area contributed by atoms with Crippen molar-refractivity contribution < 1.29 is 19.7 Å². The largest absolute Gasteiger partial charge is 0.490 e. The highest BCUT2D eigenvalue weighted by Gasteiger charge is 2.20. The van der Waals surface area contributed by atoms with Gasteiger partial charge in [-0.1, -0.05) is 72.8 Å². The Hall–Kier alpha value is -3.12. The van der Waals surface area contributed by atoms with E-state index in [1.54, 1.807) is 0 Å². The van der Waals surface area contributed by atoms with Gasteiger partial charge < -0.3 is 19.7 Å². The van der Waals surface area contributed by atoms with Crippen molar-refractivity contribution in [3.05, 3.63) is 84.9 Å². The van der Waals surface area contributed by atoms with Crippen LogP contribution in [0, 0.1) is 0 Å². The minimum absolute atomic E-state index is 0.152. The van der Waals surface area contributed by atoms with Crippen molar-refractivity contribution in [1.82, 2.24) is 4.90 Å². The fourth-order valence-corrected chi connectivity index (χ4v) is 4.16. The van der Waals surface area contributed by atoms with Gasteiger partial charge in [0.25, 0.3) is 0 Å². The quantitative estimate of drug-likeness (QED) is 0.335. The van der Waals surface area contributed by atoms with Gasteiger partial charge in [0.15, 0.2) is 0 Å². The van der Waals surface area contributed by atoms with Crippen LogP contribution in [0.2, 0.25) is 0 Å². The van der Waals surface area contributed by atoms with Crippen molar-refractivity contribution in [2.24, 2.45) is 0 Å². The van der Waals surface area contributed by atoms with Gasteiger partial charge in [-0.15, -0.1) is 0 Å². The third kappa shape index (κ3) is 6.06. The summed E-state index contributed by atoms with van der Waals surface area (Å²) in [5.41, 5.74) is 0. The summed E-state index contributed by atoms with van der Waals surface area (Å²) in [4.78, 5) is 2.05. The molecule has 0 aliphatic rings. The van der Waals surface area contributed by atoms with E-state index in [0.29, 0.717) is 13.1 Å². The van der Waals surface area contributed by atoms with Crippen LogP contribution >= 0.6 is 0 Å². The fourth-order valence-electron chi connectivity index (χ4n) is 4.16. The fraction of sp³-hybridized carbons (Fsp3) is 0.310. The van der Waals surface area contributed by atoms with E-state index < -0.39 is 12.2 Å². The molecule has 4 aromatic rings. The maximum atomic E-state index is 10.7. The molecule has 4 aromatic carbocycles. The van der Waals surface area contributed by atoms with Gasteiger partial charge >= 0.3 is 0 Å². The molecule has 5 heteroatoms. The molecule has 0 amide bonds. The molecule has 0 radical (unpaired) electrons. The van der Waals surface area contributed by atoms with Gasteiger partial charge in [-0.2, -0.15) is 0 Å². The van der Waals surface area contributed by atoms with Gasteiger partial charge in [0.2, 0.25) is 0 Å². The minimum Gasteiger partial charge on any atom is -0.490 e. The number of hydrogen-bond donors (Lipinski definition) is 2. The van der Waals surface area contributed by atoms with Crippen LogP contribution in [0.15, 0.2) is 84.9 Å². The summed E-state index contributed by atoms with van der Waals surface area (Å²) in [5.74, 6) is 1.52. The monoisotopic (exact) mass is 459 g/mol. The van der Waals surface area contributed by atoms with E-state index in [1.165, 1.54) is 0 Å². The molecule has 0 spiro atoms. The normalized spacial score (nSPS) is 13.5. The van der Waals surface area contributed by atoms with Crippen LogP contribution in [0.3, 0.4) is 0 Å². The van der Waals surface area contributed by atoms with Crippen LogP contribution < -0.4 is 9.47 Å². The highest BCUT2D eigenvalue weighted by Crippen LogP contribution is 2.26. The summed E-state index contributed by atoms with van der Waals surface area (Å²) in [6.07, 6.45) is -1.37. The number of benzene rings is 4. The van der Waals surface area contributed by atoms with Crippen molar-refractivity contribution in [1.29, 1.82) is 0 Å². The Morgan fingerprint density at radius 1 is 0.618 bits per heavy atom. The van der Waals surface area contributed by atoms with Crippen molar-refractivity contribution in [3.63, 3.8) is 0 Å². The Morgan fingerprint density at radius 3 is 1.47 bits per heavy atom. The van der Waals surface area contributed by atoms with Gasteiger partial charge in [-0.3, -0.25) is 4.90 Å². The van der Waals surface area contributed by atoms with Crippen molar-refractivity contribution >= 4 is 21.5 Å². The van der Waals surface area contributed by atoms with Crippen LogP contribution in [-0.2, 0) is 0 Å². The van der Waals surface area contributed by atoms with E-state index >= 15 is 0 Å². The third-order valence-corrected chi connectivity index (χ3v) is 5.98. The van der Waals surface area contributed by atoms with Crippen LogP contribution in [-0.4, -0.2) is 59.7 Å². The van der Waals surface area contributed by atoms with Gasteiger partial charge in [0.05, 0.1) is 0 Å². The Labute approximate surface area is 201 Å². The molecule has 0 aliphatic carbocycles. The summed E-state index contributed by atoms with van der Waals surface area (Å²) < 4.78 is 11.9. The summed E-state index contributed by atoms with van der Waals surface area (Å²) in [6, 6.07) is 28.1. The zero-order chi connectivity index (χ0) is 23.9. The molecule has 2 N–H and O–H groups in total. The lowest BCUT2D eigenvalue weighted by atomic mass is 10.1. The number of aliphatic hydroxyl groups is 2. The second kappa shape index (κ2) is 11.3. The van der Waals surface area contributed by atoms with Crippen LogP contribution in [0.4, 0.5) is 0 Å². The molecule has 5 nitrogen and oxygen atoms in total.